The summed E-state index contributed by atoms with van der Waals surface area (Å²) in [5.41, 5.74) is -0.296. The van der Waals surface area contributed by atoms with E-state index in [4.69, 9.17) is 34.8 Å². The Morgan fingerprint density at radius 1 is 1.11 bits per heavy atom. The SMILES string of the molecule is Cc1cc(NC(=O)c2nn3c(C(F)(F)F)cc(-c4cccs4)nc3c2Cl)nn1Cc1ccc(Cl)cc1Cl. The summed E-state index contributed by atoms with van der Waals surface area (Å²) in [6.07, 6.45) is -4.77. The number of alkyl halides is 3. The van der Waals surface area contributed by atoms with Crippen LogP contribution in [-0.4, -0.2) is 30.3 Å². The zero-order valence-electron chi connectivity index (χ0n) is 18.6. The Labute approximate surface area is 226 Å². The molecule has 0 atom stereocenters. The van der Waals surface area contributed by atoms with E-state index in [1.54, 1.807) is 53.4 Å². The van der Waals surface area contributed by atoms with E-state index in [1.165, 1.54) is 11.3 Å². The van der Waals surface area contributed by atoms with Crippen molar-refractivity contribution in [3.05, 3.63) is 85.6 Å². The number of thiophene rings is 1. The van der Waals surface area contributed by atoms with Gasteiger partial charge in [0, 0.05) is 21.8 Å². The van der Waals surface area contributed by atoms with E-state index in [-0.39, 0.29) is 22.2 Å². The molecule has 4 heterocycles. The lowest BCUT2D eigenvalue weighted by atomic mass is 10.2. The fourth-order valence-electron chi connectivity index (χ4n) is 3.61. The lowest BCUT2D eigenvalue weighted by Gasteiger charge is -2.10. The number of rotatable bonds is 5. The first-order valence-electron chi connectivity index (χ1n) is 10.5. The Morgan fingerprint density at radius 2 is 1.89 bits per heavy atom. The van der Waals surface area contributed by atoms with Crippen molar-refractivity contribution in [1.82, 2.24) is 24.4 Å². The van der Waals surface area contributed by atoms with Crippen LogP contribution in [0.2, 0.25) is 15.1 Å². The highest BCUT2D eigenvalue weighted by molar-refractivity contribution is 7.13. The number of nitrogens with one attached hydrogen (secondary N) is 1. The lowest BCUT2D eigenvalue weighted by Crippen LogP contribution is -2.16. The highest BCUT2D eigenvalue weighted by Crippen LogP contribution is 2.35. The van der Waals surface area contributed by atoms with Gasteiger partial charge in [0.05, 0.1) is 17.1 Å². The molecule has 1 amide bonds. The van der Waals surface area contributed by atoms with Crippen LogP contribution in [0.15, 0.2) is 47.8 Å². The Balaban J connectivity index is 1.47. The Hall–Kier alpha value is -3.12. The van der Waals surface area contributed by atoms with E-state index in [0.29, 0.717) is 31.7 Å². The van der Waals surface area contributed by atoms with E-state index < -0.39 is 23.5 Å². The maximum Gasteiger partial charge on any atom is 0.433 e. The lowest BCUT2D eigenvalue weighted by molar-refractivity contribution is -0.142. The third kappa shape index (κ3) is 5.04. The largest absolute Gasteiger partial charge is 0.433 e. The average Bonchev–Trinajstić information content (AvgIpc) is 3.55. The van der Waals surface area contributed by atoms with Crippen LogP contribution in [0, 0.1) is 6.92 Å². The van der Waals surface area contributed by atoms with Gasteiger partial charge >= 0.3 is 6.18 Å². The standard InChI is InChI=1S/C23H14Cl3F3N6OS/c1-11-7-18(32-34(11)10-12-4-5-13(24)8-14(12)25)31-22(36)20-19(26)21-30-15(16-3-2-6-37-16)9-17(23(27,28)29)35(21)33-20/h2-9H,10H2,1H3,(H,31,32,36). The highest BCUT2D eigenvalue weighted by Gasteiger charge is 2.37. The molecule has 5 aromatic rings. The summed E-state index contributed by atoms with van der Waals surface area (Å²) in [7, 11) is 0. The van der Waals surface area contributed by atoms with Crippen molar-refractivity contribution in [1.29, 1.82) is 0 Å². The number of hydrogen-bond donors (Lipinski definition) is 1. The van der Waals surface area contributed by atoms with Crippen LogP contribution in [0.3, 0.4) is 0 Å². The zero-order valence-corrected chi connectivity index (χ0v) is 21.7. The van der Waals surface area contributed by atoms with Gasteiger partial charge in [-0.2, -0.15) is 23.4 Å². The third-order valence-corrected chi connectivity index (χ3v) is 7.20. The molecule has 14 heteroatoms. The van der Waals surface area contributed by atoms with Crippen molar-refractivity contribution in [3.63, 3.8) is 0 Å². The number of aryl methyl sites for hydroxylation is 1. The molecule has 0 bridgehead atoms. The van der Waals surface area contributed by atoms with Crippen LogP contribution in [0.5, 0.6) is 0 Å². The van der Waals surface area contributed by atoms with E-state index >= 15 is 0 Å². The van der Waals surface area contributed by atoms with Crippen LogP contribution >= 0.6 is 46.1 Å². The molecule has 1 N–H and O–H groups in total. The van der Waals surface area contributed by atoms with Crippen LogP contribution in [0.25, 0.3) is 16.2 Å². The molecule has 0 aliphatic rings. The number of amides is 1. The average molecular weight is 586 g/mol. The van der Waals surface area contributed by atoms with Crippen molar-refractivity contribution in [2.45, 2.75) is 19.6 Å². The summed E-state index contributed by atoms with van der Waals surface area (Å²) < 4.78 is 43.7. The van der Waals surface area contributed by atoms with Gasteiger partial charge in [0.15, 0.2) is 22.9 Å². The first-order valence-corrected chi connectivity index (χ1v) is 12.5. The van der Waals surface area contributed by atoms with Crippen LogP contribution in [0.4, 0.5) is 19.0 Å². The molecule has 5 rings (SSSR count). The Kier molecular flexibility index (Phi) is 6.65. The van der Waals surface area contributed by atoms with Gasteiger partial charge in [-0.3, -0.25) is 9.48 Å². The van der Waals surface area contributed by atoms with Gasteiger partial charge in [-0.1, -0.05) is 46.9 Å². The van der Waals surface area contributed by atoms with E-state index in [2.05, 4.69) is 20.5 Å². The molecule has 0 aliphatic carbocycles. The predicted octanol–water partition coefficient (Wildman–Crippen LogP) is 7.24. The quantitative estimate of drug-likeness (QED) is 0.236. The minimum Gasteiger partial charge on any atom is -0.304 e. The fraction of sp³-hybridized carbons (Fsp3) is 0.130. The number of carbonyl (C=O) groups is 1. The van der Waals surface area contributed by atoms with Crippen LogP contribution in [-0.2, 0) is 12.7 Å². The first-order chi connectivity index (χ1) is 17.5. The monoisotopic (exact) mass is 584 g/mol. The minimum absolute atomic E-state index is 0.0683. The van der Waals surface area contributed by atoms with Crippen molar-refractivity contribution in [2.24, 2.45) is 0 Å². The number of benzene rings is 1. The number of nitrogens with zero attached hydrogens (tertiary/aromatic N) is 5. The van der Waals surface area contributed by atoms with Gasteiger partial charge in [0.1, 0.15) is 5.02 Å². The van der Waals surface area contributed by atoms with Crippen LogP contribution < -0.4 is 5.32 Å². The molecule has 7 nitrogen and oxygen atoms in total. The number of halogens is 6. The maximum absolute atomic E-state index is 13.8. The number of fused-ring (bicyclic) bond motifs is 1. The summed E-state index contributed by atoms with van der Waals surface area (Å²) in [6.45, 7) is 2.08. The molecule has 4 aromatic heterocycles. The Bertz CT molecular complexity index is 1650. The second-order valence-electron chi connectivity index (χ2n) is 7.92. The van der Waals surface area contributed by atoms with E-state index in [0.717, 1.165) is 11.6 Å². The number of anilines is 1. The molecule has 0 radical (unpaired) electrons. The third-order valence-electron chi connectivity index (χ3n) is 5.37. The summed E-state index contributed by atoms with van der Waals surface area (Å²) >= 11 is 19.7. The van der Waals surface area contributed by atoms with Gasteiger partial charge < -0.3 is 5.32 Å². The van der Waals surface area contributed by atoms with Crippen molar-refractivity contribution >= 4 is 63.5 Å². The van der Waals surface area contributed by atoms with E-state index in [9.17, 15) is 18.0 Å². The molecular formula is C23H14Cl3F3N6OS. The van der Waals surface area contributed by atoms with Crippen molar-refractivity contribution in [3.8, 4) is 10.6 Å². The summed E-state index contributed by atoms with van der Waals surface area (Å²) in [5, 5.41) is 13.1. The first kappa shape index (κ1) is 25.5. The molecule has 190 valence electrons. The van der Waals surface area contributed by atoms with Gasteiger partial charge in [-0.05, 0) is 42.1 Å². The van der Waals surface area contributed by atoms with Gasteiger partial charge in [0.2, 0.25) is 0 Å². The number of carbonyl (C=O) groups excluding carboxylic acids is 1. The molecule has 1 aromatic carbocycles. The number of aromatic nitrogens is 5. The highest BCUT2D eigenvalue weighted by atomic mass is 35.5. The molecule has 0 spiro atoms. The second-order valence-corrected chi connectivity index (χ2v) is 10.1. The smallest absolute Gasteiger partial charge is 0.304 e. The fourth-order valence-corrected chi connectivity index (χ4v) is 5.01. The molecule has 0 aliphatic heterocycles. The summed E-state index contributed by atoms with van der Waals surface area (Å²) in [6, 6.07) is 10.9. The topological polar surface area (TPSA) is 77.1 Å². The second kappa shape index (κ2) is 9.64. The van der Waals surface area contributed by atoms with E-state index in [1.807, 2.05) is 0 Å². The van der Waals surface area contributed by atoms with Crippen molar-refractivity contribution < 1.29 is 18.0 Å². The predicted molar refractivity (Wildman–Crippen MR) is 137 cm³/mol. The van der Waals surface area contributed by atoms with Crippen molar-refractivity contribution in [2.75, 3.05) is 5.32 Å². The maximum atomic E-state index is 13.8. The van der Waals surface area contributed by atoms with Gasteiger partial charge in [-0.25, -0.2) is 9.50 Å². The van der Waals surface area contributed by atoms with Crippen LogP contribution in [0.1, 0.15) is 27.4 Å². The molecule has 37 heavy (non-hydrogen) atoms. The normalized spacial score (nSPS) is 11.9. The number of hydrogen-bond acceptors (Lipinski definition) is 5. The minimum atomic E-state index is -4.77. The summed E-state index contributed by atoms with van der Waals surface area (Å²) in [5.74, 6) is -0.681. The zero-order chi connectivity index (χ0) is 26.5. The molecule has 0 saturated heterocycles. The Morgan fingerprint density at radius 3 is 2.57 bits per heavy atom. The molecule has 0 saturated carbocycles. The molecular weight excluding hydrogens is 572 g/mol. The molecule has 0 unspecified atom stereocenters. The summed E-state index contributed by atoms with van der Waals surface area (Å²) in [4.78, 5) is 17.7. The van der Waals surface area contributed by atoms with Gasteiger partial charge in [-0.15, -0.1) is 11.3 Å². The van der Waals surface area contributed by atoms with Gasteiger partial charge in [0.25, 0.3) is 5.91 Å². The molecule has 0 fully saturated rings.